The Morgan fingerprint density at radius 2 is 2.17 bits per heavy atom. The quantitative estimate of drug-likeness (QED) is 0.859. The van der Waals surface area contributed by atoms with Gasteiger partial charge < -0.3 is 11.1 Å². The normalized spacial score (nSPS) is 21.2. The predicted octanol–water partition coefficient (Wildman–Crippen LogP) is 2.26. The molecule has 1 aliphatic rings. The van der Waals surface area contributed by atoms with Gasteiger partial charge in [0.2, 0.25) is 5.91 Å². The van der Waals surface area contributed by atoms with Crippen molar-refractivity contribution < 1.29 is 4.79 Å². The summed E-state index contributed by atoms with van der Waals surface area (Å²) in [5.41, 5.74) is 8.23. The third-order valence-corrected chi connectivity index (χ3v) is 3.83. The lowest BCUT2D eigenvalue weighted by atomic mass is 9.71. The average Bonchev–Trinajstić information content (AvgIpc) is 2.34. The van der Waals surface area contributed by atoms with Crippen molar-refractivity contribution in [2.24, 2.45) is 5.73 Å². The van der Waals surface area contributed by atoms with Crippen molar-refractivity contribution in [3.8, 4) is 0 Å². The number of carbonyl (C=O) groups is 1. The van der Waals surface area contributed by atoms with Crippen LogP contribution >= 0.6 is 0 Å². The van der Waals surface area contributed by atoms with Crippen molar-refractivity contribution in [3.05, 3.63) is 35.4 Å². The van der Waals surface area contributed by atoms with Crippen molar-refractivity contribution >= 4 is 5.91 Å². The van der Waals surface area contributed by atoms with E-state index in [1.165, 1.54) is 11.1 Å². The molecule has 1 atom stereocenters. The van der Waals surface area contributed by atoms with Gasteiger partial charge in [-0.05, 0) is 29.4 Å². The van der Waals surface area contributed by atoms with Crippen LogP contribution in [0.4, 0.5) is 0 Å². The Labute approximate surface area is 109 Å². The molecule has 0 aliphatic heterocycles. The number of hydrogen-bond donors (Lipinski definition) is 2. The molecule has 98 valence electrons. The summed E-state index contributed by atoms with van der Waals surface area (Å²) in [6, 6.07) is 8.57. The minimum Gasteiger partial charge on any atom is -0.349 e. The first-order valence-electron chi connectivity index (χ1n) is 6.63. The Bertz CT molecular complexity index is 440. The van der Waals surface area contributed by atoms with Crippen LogP contribution in [0.2, 0.25) is 0 Å². The number of nitrogens with two attached hydrogens (primary N) is 1. The monoisotopic (exact) mass is 246 g/mol. The lowest BCUT2D eigenvalue weighted by Crippen LogP contribution is -2.36. The van der Waals surface area contributed by atoms with Gasteiger partial charge in [-0.3, -0.25) is 4.79 Å². The number of benzene rings is 1. The topological polar surface area (TPSA) is 55.1 Å². The highest BCUT2D eigenvalue weighted by Crippen LogP contribution is 2.41. The van der Waals surface area contributed by atoms with E-state index in [9.17, 15) is 4.79 Å². The van der Waals surface area contributed by atoms with Crippen molar-refractivity contribution in [1.29, 1.82) is 0 Å². The van der Waals surface area contributed by atoms with Crippen LogP contribution < -0.4 is 11.1 Å². The van der Waals surface area contributed by atoms with Crippen LogP contribution in [0.15, 0.2) is 24.3 Å². The molecule has 3 N–H and O–H groups in total. The molecule has 0 spiro atoms. The first-order valence-corrected chi connectivity index (χ1v) is 6.63. The molecule has 0 saturated heterocycles. The van der Waals surface area contributed by atoms with Gasteiger partial charge >= 0.3 is 0 Å². The third-order valence-electron chi connectivity index (χ3n) is 3.83. The second kappa shape index (κ2) is 5.11. The second-order valence-corrected chi connectivity index (χ2v) is 5.67. The molecule has 0 heterocycles. The van der Waals surface area contributed by atoms with E-state index in [1.807, 2.05) is 6.07 Å². The summed E-state index contributed by atoms with van der Waals surface area (Å²) in [5, 5.41) is 3.09. The fraction of sp³-hybridized carbons (Fsp3) is 0.533. The molecule has 18 heavy (non-hydrogen) atoms. The van der Waals surface area contributed by atoms with Crippen molar-refractivity contribution in [2.75, 3.05) is 6.54 Å². The molecule has 0 bridgehead atoms. The van der Waals surface area contributed by atoms with Gasteiger partial charge in [0.05, 0.1) is 6.04 Å². The van der Waals surface area contributed by atoms with Crippen LogP contribution in [0.1, 0.15) is 50.3 Å². The first-order chi connectivity index (χ1) is 8.54. The Morgan fingerprint density at radius 1 is 1.44 bits per heavy atom. The largest absolute Gasteiger partial charge is 0.349 e. The third kappa shape index (κ3) is 2.56. The molecular weight excluding hydrogens is 224 g/mol. The maximum atomic E-state index is 11.7. The summed E-state index contributed by atoms with van der Waals surface area (Å²) in [4.78, 5) is 11.7. The molecule has 1 aromatic rings. The zero-order valence-corrected chi connectivity index (χ0v) is 11.2. The zero-order chi connectivity index (χ0) is 13.2. The number of fused-ring (bicyclic) bond motifs is 1. The van der Waals surface area contributed by atoms with Crippen LogP contribution in [-0.2, 0) is 10.2 Å². The highest BCUT2D eigenvalue weighted by Gasteiger charge is 2.32. The molecule has 3 heteroatoms. The van der Waals surface area contributed by atoms with Gasteiger partial charge in [0.1, 0.15) is 0 Å². The van der Waals surface area contributed by atoms with E-state index in [4.69, 9.17) is 5.73 Å². The van der Waals surface area contributed by atoms with Crippen LogP contribution in [0.5, 0.6) is 0 Å². The van der Waals surface area contributed by atoms with E-state index in [1.54, 1.807) is 0 Å². The second-order valence-electron chi connectivity index (χ2n) is 5.67. The minimum absolute atomic E-state index is 0.0528. The average molecular weight is 246 g/mol. The molecule has 0 aromatic heterocycles. The molecule has 1 aromatic carbocycles. The first kappa shape index (κ1) is 13.1. The molecule has 1 unspecified atom stereocenters. The van der Waals surface area contributed by atoms with Crippen molar-refractivity contribution in [1.82, 2.24) is 5.32 Å². The molecule has 1 amide bonds. The number of rotatable bonds is 3. The van der Waals surface area contributed by atoms with E-state index < -0.39 is 0 Å². The molecule has 0 saturated carbocycles. The van der Waals surface area contributed by atoms with E-state index in [0.29, 0.717) is 13.0 Å². The fourth-order valence-corrected chi connectivity index (χ4v) is 2.76. The number of hydrogen-bond acceptors (Lipinski definition) is 2. The van der Waals surface area contributed by atoms with Gasteiger partial charge in [-0.25, -0.2) is 0 Å². The summed E-state index contributed by atoms with van der Waals surface area (Å²) >= 11 is 0. The minimum atomic E-state index is 0.0528. The molecule has 1 aliphatic carbocycles. The summed E-state index contributed by atoms with van der Waals surface area (Å²) in [5.74, 6) is 0.0528. The maximum Gasteiger partial charge on any atom is 0.221 e. The van der Waals surface area contributed by atoms with Crippen LogP contribution in [-0.4, -0.2) is 12.5 Å². The number of carbonyl (C=O) groups excluding carboxylic acids is 1. The molecule has 0 fully saturated rings. The van der Waals surface area contributed by atoms with E-state index >= 15 is 0 Å². The van der Waals surface area contributed by atoms with Crippen LogP contribution in [0.3, 0.4) is 0 Å². The summed E-state index contributed by atoms with van der Waals surface area (Å²) < 4.78 is 0. The number of amides is 1. The standard InChI is InChI=1S/C15H22N2O/c1-15(2)9-7-13(17-14(18)8-10-16)11-5-3-4-6-12(11)15/h3-6,13H,7-10,16H2,1-2H3,(H,17,18). The van der Waals surface area contributed by atoms with Crippen LogP contribution in [0.25, 0.3) is 0 Å². The SMILES string of the molecule is CC1(C)CCC(NC(=O)CCN)c2ccccc21. The van der Waals surface area contributed by atoms with Gasteiger partial charge in [0.15, 0.2) is 0 Å². The van der Waals surface area contributed by atoms with Crippen molar-refractivity contribution in [2.45, 2.75) is 44.6 Å². The smallest absolute Gasteiger partial charge is 0.221 e. The summed E-state index contributed by atoms with van der Waals surface area (Å²) in [6.07, 6.45) is 2.50. The van der Waals surface area contributed by atoms with Gasteiger partial charge in [-0.1, -0.05) is 38.1 Å². The zero-order valence-electron chi connectivity index (χ0n) is 11.2. The Kier molecular flexibility index (Phi) is 3.71. The maximum absolute atomic E-state index is 11.7. The number of nitrogens with one attached hydrogen (secondary N) is 1. The fourth-order valence-electron chi connectivity index (χ4n) is 2.76. The summed E-state index contributed by atoms with van der Waals surface area (Å²) in [6.45, 7) is 4.94. The van der Waals surface area contributed by atoms with E-state index in [2.05, 4.69) is 37.4 Å². The lowest BCUT2D eigenvalue weighted by molar-refractivity contribution is -0.121. The summed E-state index contributed by atoms with van der Waals surface area (Å²) in [7, 11) is 0. The molecule has 2 rings (SSSR count). The van der Waals surface area contributed by atoms with Crippen LogP contribution in [0, 0.1) is 0 Å². The van der Waals surface area contributed by atoms with Gasteiger partial charge in [-0.15, -0.1) is 0 Å². The highest BCUT2D eigenvalue weighted by molar-refractivity contribution is 5.76. The van der Waals surface area contributed by atoms with E-state index in [0.717, 1.165) is 12.8 Å². The van der Waals surface area contributed by atoms with Gasteiger partial charge in [0.25, 0.3) is 0 Å². The molecule has 3 nitrogen and oxygen atoms in total. The van der Waals surface area contributed by atoms with Gasteiger partial charge in [0, 0.05) is 13.0 Å². The van der Waals surface area contributed by atoms with Crippen molar-refractivity contribution in [3.63, 3.8) is 0 Å². The molecular formula is C15H22N2O. The van der Waals surface area contributed by atoms with E-state index in [-0.39, 0.29) is 17.4 Å². The predicted molar refractivity (Wildman–Crippen MR) is 73.3 cm³/mol. The Hall–Kier alpha value is -1.35. The Balaban J connectivity index is 2.23. The van der Waals surface area contributed by atoms with Gasteiger partial charge in [-0.2, -0.15) is 0 Å². The Morgan fingerprint density at radius 3 is 2.89 bits per heavy atom. The lowest BCUT2D eigenvalue weighted by Gasteiger charge is -2.37. The highest BCUT2D eigenvalue weighted by atomic mass is 16.1. The molecule has 0 radical (unpaired) electrons.